The molecule has 6 rings (SSSR count). The van der Waals surface area contributed by atoms with Crippen LogP contribution in [0.5, 0.6) is 0 Å². The molecule has 0 unspecified atom stereocenters. The normalized spacial score (nSPS) is 13.4. The van der Waals surface area contributed by atoms with Crippen molar-refractivity contribution < 1.29 is 38.4 Å². The first kappa shape index (κ1) is 74.8. The average Bonchev–Trinajstić information content (AvgIpc) is 1.65. The zero-order valence-electron chi connectivity index (χ0n) is 54.9. The van der Waals surface area contributed by atoms with E-state index in [2.05, 4.69) is 74.1 Å². The predicted octanol–water partition coefficient (Wildman–Crippen LogP) is 1.47. The van der Waals surface area contributed by atoms with Crippen LogP contribution in [-0.4, -0.2) is 149 Å². The van der Waals surface area contributed by atoms with Crippen molar-refractivity contribution in [3.05, 3.63) is 108 Å². The molecule has 0 spiro atoms. The number of aromatic amines is 3. The maximum absolute atomic E-state index is 15.3. The molecule has 96 heavy (non-hydrogen) atoms. The Morgan fingerprint density at radius 3 is 1.15 bits per heavy atom. The van der Waals surface area contributed by atoms with E-state index in [1.807, 2.05) is 72.8 Å². The Labute approximate surface area is 558 Å². The molecule has 3 heterocycles. The highest BCUT2D eigenvalue weighted by atomic mass is 16.2. The Bertz CT molecular complexity index is 3600. The molecule has 0 saturated heterocycles. The first-order valence-electron chi connectivity index (χ1n) is 33.2. The minimum Gasteiger partial charge on any atom is -0.370 e. The molecule has 6 aromatic rings. The molecule has 520 valence electrons. The second-order valence-corrected chi connectivity index (χ2v) is 24.1. The molecule has 0 fully saturated rings. The molecule has 26 N–H and O–H groups in total. The fraction of sp³-hybridized carbons (Fsp3) is 0.478. The standard InChI is InChI=1S/C67H99N21O8/c1-2-3-4-5-6-7-8-30-57(89)76-31-16-15-27-51(58(69)90)83-62(94)55(36-42-39-81-49-25-13-10-21-45(42)49)87-60(92)53(29-19-34-79-67(74)75)85-64(96)56(37-43-40-82-50-26-14-11-22-46(43)50)88-61(93)52(28-18-33-78-66(72)73)84-63(95)54(35-41-38-80-48-24-12-9-20-44(41)48)86-59(91)47(68)23-17-32-77-65(70)71/h9-14,20-22,24-26,38-40,47,51-56,80-82H,2-8,15-19,23,27-37,68H2,1H3,(H2,69,90)(H,76,89)(H,83,94)(H,84,95)(H,85,96)(H,86,91)(H,87,92)(H,88,93)(H4,70,71,77)(H4,72,73,78)(H4,74,75,79)/t47-,51+,52+,53-,54-,55-,56-/m1/s1. The number of nitrogens with zero attached hydrogens (tertiary/aromatic N) is 3. The topological polar surface area (TPSA) is 513 Å². The van der Waals surface area contributed by atoms with Crippen molar-refractivity contribution in [2.75, 3.05) is 26.2 Å². The number of benzene rings is 3. The number of aromatic nitrogens is 3. The van der Waals surface area contributed by atoms with E-state index in [0.29, 0.717) is 48.9 Å². The van der Waals surface area contributed by atoms with Gasteiger partial charge in [-0.1, -0.05) is 100 Å². The van der Waals surface area contributed by atoms with E-state index in [1.54, 1.807) is 18.6 Å². The first-order chi connectivity index (χ1) is 46.2. The summed E-state index contributed by atoms with van der Waals surface area (Å²) in [6.07, 6.45) is 14.6. The van der Waals surface area contributed by atoms with Crippen LogP contribution in [0.15, 0.2) is 106 Å². The van der Waals surface area contributed by atoms with Crippen LogP contribution in [0.1, 0.15) is 133 Å². The molecule has 7 atom stereocenters. The number of amides is 8. The number of primary amides is 1. The Morgan fingerprint density at radius 2 is 0.740 bits per heavy atom. The van der Waals surface area contributed by atoms with E-state index in [1.165, 1.54) is 19.3 Å². The van der Waals surface area contributed by atoms with Gasteiger partial charge >= 0.3 is 0 Å². The number of guanidine groups is 3. The van der Waals surface area contributed by atoms with Gasteiger partial charge < -0.3 is 98.0 Å². The maximum atomic E-state index is 15.3. The quantitative estimate of drug-likeness (QED) is 0.0146. The van der Waals surface area contributed by atoms with Crippen molar-refractivity contribution in [1.29, 1.82) is 0 Å². The lowest BCUT2D eigenvalue weighted by atomic mass is 10.0. The molecule has 0 aliphatic heterocycles. The van der Waals surface area contributed by atoms with Gasteiger partial charge in [0.2, 0.25) is 47.3 Å². The van der Waals surface area contributed by atoms with Gasteiger partial charge in [-0.25, -0.2) is 0 Å². The third-order valence-electron chi connectivity index (χ3n) is 16.6. The third-order valence-corrected chi connectivity index (χ3v) is 16.6. The summed E-state index contributed by atoms with van der Waals surface area (Å²) < 4.78 is 0. The van der Waals surface area contributed by atoms with Crippen LogP contribution in [0, 0.1) is 0 Å². The number of nitrogens with two attached hydrogens (primary N) is 8. The van der Waals surface area contributed by atoms with Gasteiger partial charge in [0, 0.05) is 103 Å². The summed E-state index contributed by atoms with van der Waals surface area (Å²) >= 11 is 0. The van der Waals surface area contributed by atoms with Crippen LogP contribution in [0.4, 0.5) is 0 Å². The number of para-hydroxylation sites is 3. The lowest BCUT2D eigenvalue weighted by Gasteiger charge is -2.28. The Balaban J connectivity index is 1.27. The van der Waals surface area contributed by atoms with Crippen molar-refractivity contribution in [3.8, 4) is 0 Å². The van der Waals surface area contributed by atoms with E-state index >= 15 is 14.4 Å². The molecule has 0 saturated carbocycles. The first-order valence-corrected chi connectivity index (χ1v) is 33.2. The van der Waals surface area contributed by atoms with E-state index in [0.717, 1.165) is 58.4 Å². The van der Waals surface area contributed by atoms with Crippen LogP contribution in [0.3, 0.4) is 0 Å². The zero-order chi connectivity index (χ0) is 69.4. The number of unbranched alkanes of at least 4 members (excludes halogenated alkanes) is 7. The maximum Gasteiger partial charge on any atom is 0.243 e. The lowest BCUT2D eigenvalue weighted by molar-refractivity contribution is -0.135. The fourth-order valence-corrected chi connectivity index (χ4v) is 11.3. The molecule has 0 aliphatic carbocycles. The van der Waals surface area contributed by atoms with E-state index in [-0.39, 0.29) is 101 Å². The van der Waals surface area contributed by atoms with Crippen LogP contribution in [0.2, 0.25) is 0 Å². The molecule has 8 amide bonds. The largest absolute Gasteiger partial charge is 0.370 e. The van der Waals surface area contributed by atoms with Gasteiger partial charge in [0.15, 0.2) is 17.9 Å². The van der Waals surface area contributed by atoms with Crippen molar-refractivity contribution in [2.45, 2.75) is 178 Å². The van der Waals surface area contributed by atoms with Crippen molar-refractivity contribution >= 4 is 97.8 Å². The fourth-order valence-electron chi connectivity index (χ4n) is 11.3. The Hall–Kier alpha value is -10.2. The Kier molecular flexibility index (Phi) is 30.8. The molecule has 0 bridgehead atoms. The second kappa shape index (κ2) is 39.5. The van der Waals surface area contributed by atoms with Crippen molar-refractivity contribution in [3.63, 3.8) is 0 Å². The average molecular weight is 1330 g/mol. The van der Waals surface area contributed by atoms with Crippen LogP contribution < -0.4 is 83.1 Å². The second-order valence-electron chi connectivity index (χ2n) is 24.1. The number of nitrogens with one attached hydrogen (secondary N) is 10. The van der Waals surface area contributed by atoms with E-state index in [4.69, 9.17) is 45.9 Å². The number of fused-ring (bicyclic) bond motifs is 3. The summed E-state index contributed by atoms with van der Waals surface area (Å²) in [5, 5.41) is 22.2. The molecule has 3 aromatic carbocycles. The van der Waals surface area contributed by atoms with Crippen LogP contribution >= 0.6 is 0 Å². The van der Waals surface area contributed by atoms with Crippen LogP contribution in [-0.2, 0) is 57.6 Å². The molecule has 0 radical (unpaired) electrons. The summed E-state index contributed by atoms with van der Waals surface area (Å²) in [7, 11) is 0. The van der Waals surface area contributed by atoms with E-state index in [9.17, 15) is 24.0 Å². The number of carbonyl (C=O) groups is 8. The van der Waals surface area contributed by atoms with Crippen LogP contribution in [0.25, 0.3) is 32.7 Å². The number of hydrogen-bond acceptors (Lipinski definition) is 12. The molecule has 0 aliphatic rings. The number of rotatable bonds is 44. The number of hydrogen-bond donors (Lipinski definition) is 18. The highest BCUT2D eigenvalue weighted by Gasteiger charge is 2.35. The minimum atomic E-state index is -1.46. The lowest BCUT2D eigenvalue weighted by Crippen LogP contribution is -2.60. The zero-order valence-corrected chi connectivity index (χ0v) is 54.9. The summed E-state index contributed by atoms with van der Waals surface area (Å²) in [5.41, 5.74) is 50.1. The van der Waals surface area contributed by atoms with Crippen molar-refractivity contribution in [2.24, 2.45) is 60.8 Å². The molecular weight excluding hydrogens is 1230 g/mol. The molecular formula is C67H99N21O8. The molecule has 3 aromatic heterocycles. The predicted molar refractivity (Wildman–Crippen MR) is 374 cm³/mol. The number of H-pyrrole nitrogens is 3. The van der Waals surface area contributed by atoms with Gasteiger partial charge in [-0.15, -0.1) is 0 Å². The van der Waals surface area contributed by atoms with Gasteiger partial charge in [0.05, 0.1) is 6.04 Å². The Morgan fingerprint density at radius 1 is 0.396 bits per heavy atom. The molecule has 29 nitrogen and oxygen atoms in total. The monoisotopic (exact) mass is 1330 g/mol. The highest BCUT2D eigenvalue weighted by molar-refractivity contribution is 5.99. The van der Waals surface area contributed by atoms with Gasteiger partial charge in [-0.05, 0) is 99.1 Å². The smallest absolute Gasteiger partial charge is 0.243 e. The summed E-state index contributed by atoms with van der Waals surface area (Å²) in [5.74, 6) is -6.02. The minimum absolute atomic E-state index is 0.0360. The third kappa shape index (κ3) is 24.9. The summed E-state index contributed by atoms with van der Waals surface area (Å²) in [6.45, 7) is 2.83. The SMILES string of the molecule is CCCCCCCCCC(=O)NCCCC[C@H](NC(=O)[C@@H](Cc1c[nH]c2ccccc12)NC(=O)[C@@H](CCCN=C(N)N)NC(=O)[C@@H](Cc1c[nH]c2ccccc12)NC(=O)[C@H](CCCN=C(N)N)NC(=O)[C@@H](Cc1c[nH]c2ccccc12)NC(=O)[C@H](N)CCCN=C(N)N)C(N)=O. The molecule has 29 heteroatoms. The van der Waals surface area contributed by atoms with Gasteiger partial charge in [0.25, 0.3) is 0 Å². The van der Waals surface area contributed by atoms with Gasteiger partial charge in [0.1, 0.15) is 36.3 Å². The number of aliphatic imine (C=N–C) groups is 3. The summed E-state index contributed by atoms with van der Waals surface area (Å²) in [6, 6.07) is 12.9. The van der Waals surface area contributed by atoms with Gasteiger partial charge in [-0.3, -0.25) is 53.3 Å². The summed E-state index contributed by atoms with van der Waals surface area (Å²) in [4.78, 5) is 136. The van der Waals surface area contributed by atoms with Gasteiger partial charge in [-0.2, -0.15) is 0 Å². The highest BCUT2D eigenvalue weighted by Crippen LogP contribution is 2.23. The number of carbonyl (C=O) groups excluding carboxylic acids is 8. The van der Waals surface area contributed by atoms with E-state index < -0.39 is 83.6 Å². The van der Waals surface area contributed by atoms with Crippen molar-refractivity contribution in [1.82, 2.24) is 52.2 Å².